The molecule has 0 saturated heterocycles. The molecule has 1 heterocycles. The van der Waals surface area contributed by atoms with Gasteiger partial charge in [-0.15, -0.1) is 0 Å². The summed E-state index contributed by atoms with van der Waals surface area (Å²) in [4.78, 5) is 13.9. The summed E-state index contributed by atoms with van der Waals surface area (Å²) in [5, 5.41) is 10.7. The molecule has 0 aliphatic heterocycles. The number of nitrogens with zero attached hydrogens (tertiary/aromatic N) is 3. The number of non-ortho nitro benzene ring substituents is 1. The van der Waals surface area contributed by atoms with Crippen LogP contribution in [-0.4, -0.2) is 29.7 Å². The van der Waals surface area contributed by atoms with Crippen molar-refractivity contribution >= 4 is 15.7 Å². The Morgan fingerprint density at radius 1 is 1.29 bits per heavy atom. The Kier molecular flexibility index (Phi) is 4.29. The number of aromatic nitrogens is 1. The molecule has 2 aromatic rings. The topological polar surface area (TPSA) is 93.4 Å². The number of nitro groups is 1. The van der Waals surface area contributed by atoms with Gasteiger partial charge in [0.15, 0.2) is 0 Å². The van der Waals surface area contributed by atoms with Crippen molar-refractivity contribution in [2.75, 3.05) is 7.05 Å². The summed E-state index contributed by atoms with van der Waals surface area (Å²) in [6.07, 6.45) is 3.16. The third-order valence-corrected chi connectivity index (χ3v) is 4.66. The van der Waals surface area contributed by atoms with Crippen LogP contribution >= 0.6 is 0 Å². The van der Waals surface area contributed by atoms with Crippen LogP contribution in [0.2, 0.25) is 0 Å². The number of sulfonamides is 1. The van der Waals surface area contributed by atoms with Gasteiger partial charge in [0.1, 0.15) is 0 Å². The average Bonchev–Trinajstić information content (AvgIpc) is 2.48. The Hall–Kier alpha value is -2.32. The van der Waals surface area contributed by atoms with Crippen LogP contribution in [0.1, 0.15) is 5.56 Å². The minimum absolute atomic E-state index is 0.108. The Morgan fingerprint density at radius 2 is 2.05 bits per heavy atom. The second-order valence-corrected chi connectivity index (χ2v) is 6.42. The fraction of sp³-hybridized carbons (Fsp3) is 0.154. The molecule has 0 bridgehead atoms. The highest BCUT2D eigenvalue weighted by Crippen LogP contribution is 2.21. The van der Waals surface area contributed by atoms with E-state index in [1.165, 1.54) is 25.2 Å². The number of rotatable bonds is 5. The lowest BCUT2D eigenvalue weighted by Gasteiger charge is -2.16. The molecule has 0 saturated carbocycles. The van der Waals surface area contributed by atoms with E-state index in [2.05, 4.69) is 4.98 Å². The lowest BCUT2D eigenvalue weighted by atomic mass is 10.3. The predicted octanol–water partition coefficient (Wildman–Crippen LogP) is 1.81. The van der Waals surface area contributed by atoms with Crippen molar-refractivity contribution < 1.29 is 13.3 Å². The molecular formula is C13H13N3O4S. The van der Waals surface area contributed by atoms with Crippen molar-refractivity contribution in [2.45, 2.75) is 11.4 Å². The standard InChI is InChI=1S/C13H13N3O4S/c1-15(10-11-4-3-7-14-9-11)21(19,20)13-6-2-5-12(8-13)16(17)18/h2-9H,10H2,1H3. The highest BCUT2D eigenvalue weighted by molar-refractivity contribution is 7.89. The molecule has 0 fully saturated rings. The Bertz CT molecular complexity index is 747. The Balaban J connectivity index is 2.29. The van der Waals surface area contributed by atoms with Crippen LogP contribution in [0.25, 0.3) is 0 Å². The number of nitro benzene ring substituents is 1. The van der Waals surface area contributed by atoms with Gasteiger partial charge < -0.3 is 0 Å². The highest BCUT2D eigenvalue weighted by Gasteiger charge is 2.23. The molecule has 0 radical (unpaired) electrons. The van der Waals surface area contributed by atoms with Crippen molar-refractivity contribution in [1.29, 1.82) is 0 Å². The summed E-state index contributed by atoms with van der Waals surface area (Å²) in [5.74, 6) is 0. The SMILES string of the molecule is CN(Cc1cccnc1)S(=O)(=O)c1cccc([N+](=O)[O-])c1. The van der Waals surface area contributed by atoms with E-state index >= 15 is 0 Å². The fourth-order valence-electron chi connectivity index (χ4n) is 1.77. The monoisotopic (exact) mass is 307 g/mol. The van der Waals surface area contributed by atoms with E-state index < -0.39 is 14.9 Å². The van der Waals surface area contributed by atoms with Gasteiger partial charge in [0.05, 0.1) is 9.82 Å². The quantitative estimate of drug-likeness (QED) is 0.620. The maximum absolute atomic E-state index is 12.4. The number of pyridine rings is 1. The first-order valence-corrected chi connectivity index (χ1v) is 7.45. The van der Waals surface area contributed by atoms with Gasteiger partial charge in [-0.3, -0.25) is 15.1 Å². The smallest absolute Gasteiger partial charge is 0.264 e. The molecule has 21 heavy (non-hydrogen) atoms. The zero-order valence-electron chi connectivity index (χ0n) is 11.2. The van der Waals surface area contributed by atoms with E-state index in [1.54, 1.807) is 24.5 Å². The zero-order chi connectivity index (χ0) is 15.5. The molecule has 0 N–H and O–H groups in total. The fourth-order valence-corrected chi connectivity index (χ4v) is 2.97. The molecule has 0 amide bonds. The number of benzene rings is 1. The molecule has 1 aromatic heterocycles. The Labute approximate surface area is 122 Å². The summed E-state index contributed by atoms with van der Waals surface area (Å²) >= 11 is 0. The molecule has 0 spiro atoms. The van der Waals surface area contributed by atoms with E-state index in [1.807, 2.05) is 0 Å². The van der Waals surface area contributed by atoms with Crippen LogP contribution in [0, 0.1) is 10.1 Å². The molecule has 8 heteroatoms. The second kappa shape index (κ2) is 5.98. The first-order valence-electron chi connectivity index (χ1n) is 6.01. The molecule has 2 rings (SSSR count). The van der Waals surface area contributed by atoms with E-state index in [4.69, 9.17) is 0 Å². The van der Waals surface area contributed by atoms with Crippen molar-refractivity contribution in [3.8, 4) is 0 Å². The normalized spacial score (nSPS) is 11.5. The van der Waals surface area contributed by atoms with Crippen LogP contribution < -0.4 is 0 Å². The summed E-state index contributed by atoms with van der Waals surface area (Å²) < 4.78 is 25.9. The van der Waals surface area contributed by atoms with Crippen LogP contribution in [0.4, 0.5) is 5.69 Å². The summed E-state index contributed by atoms with van der Waals surface area (Å²) in [5.41, 5.74) is 0.472. The molecule has 0 unspecified atom stereocenters. The number of hydrogen-bond acceptors (Lipinski definition) is 5. The largest absolute Gasteiger partial charge is 0.270 e. The molecule has 0 aliphatic rings. The minimum atomic E-state index is -3.79. The molecule has 1 aromatic carbocycles. The predicted molar refractivity (Wildman–Crippen MR) is 76.0 cm³/mol. The molecule has 0 atom stereocenters. The van der Waals surface area contributed by atoms with E-state index in [0.29, 0.717) is 0 Å². The Morgan fingerprint density at radius 3 is 2.67 bits per heavy atom. The summed E-state index contributed by atoms with van der Waals surface area (Å²) in [7, 11) is -2.37. The van der Waals surface area contributed by atoms with Gasteiger partial charge in [-0.1, -0.05) is 12.1 Å². The summed E-state index contributed by atoms with van der Waals surface area (Å²) in [6.45, 7) is 0.138. The zero-order valence-corrected chi connectivity index (χ0v) is 12.0. The van der Waals surface area contributed by atoms with E-state index in [0.717, 1.165) is 15.9 Å². The molecule has 7 nitrogen and oxygen atoms in total. The summed E-state index contributed by atoms with van der Waals surface area (Å²) in [6, 6.07) is 8.45. The second-order valence-electron chi connectivity index (χ2n) is 4.38. The molecule has 0 aliphatic carbocycles. The third kappa shape index (κ3) is 3.41. The molecule has 110 valence electrons. The third-order valence-electron chi connectivity index (χ3n) is 2.86. The van der Waals surface area contributed by atoms with Gasteiger partial charge in [-0.25, -0.2) is 8.42 Å². The van der Waals surface area contributed by atoms with E-state index in [9.17, 15) is 18.5 Å². The number of hydrogen-bond donors (Lipinski definition) is 0. The first-order chi connectivity index (χ1) is 9.91. The van der Waals surface area contributed by atoms with Gasteiger partial charge in [0, 0.05) is 38.1 Å². The first kappa shape index (κ1) is 15.1. The van der Waals surface area contributed by atoms with Gasteiger partial charge in [-0.2, -0.15) is 4.31 Å². The van der Waals surface area contributed by atoms with E-state index in [-0.39, 0.29) is 17.1 Å². The van der Waals surface area contributed by atoms with Crippen molar-refractivity contribution in [2.24, 2.45) is 0 Å². The van der Waals surface area contributed by atoms with Gasteiger partial charge in [-0.05, 0) is 17.7 Å². The van der Waals surface area contributed by atoms with Crippen molar-refractivity contribution in [1.82, 2.24) is 9.29 Å². The van der Waals surface area contributed by atoms with Crippen LogP contribution in [0.15, 0.2) is 53.7 Å². The lowest BCUT2D eigenvalue weighted by molar-refractivity contribution is -0.385. The van der Waals surface area contributed by atoms with Gasteiger partial charge in [0.25, 0.3) is 5.69 Å². The minimum Gasteiger partial charge on any atom is -0.264 e. The van der Waals surface area contributed by atoms with Gasteiger partial charge >= 0.3 is 0 Å². The lowest BCUT2D eigenvalue weighted by Crippen LogP contribution is -2.26. The maximum Gasteiger partial charge on any atom is 0.270 e. The van der Waals surface area contributed by atoms with Crippen LogP contribution in [0.5, 0.6) is 0 Å². The van der Waals surface area contributed by atoms with Crippen LogP contribution in [-0.2, 0) is 16.6 Å². The average molecular weight is 307 g/mol. The van der Waals surface area contributed by atoms with Gasteiger partial charge in [0.2, 0.25) is 10.0 Å². The van der Waals surface area contributed by atoms with Crippen molar-refractivity contribution in [3.63, 3.8) is 0 Å². The van der Waals surface area contributed by atoms with Crippen LogP contribution in [0.3, 0.4) is 0 Å². The molecular weight excluding hydrogens is 294 g/mol. The van der Waals surface area contributed by atoms with Crippen molar-refractivity contribution in [3.05, 3.63) is 64.5 Å². The maximum atomic E-state index is 12.4. The highest BCUT2D eigenvalue weighted by atomic mass is 32.2.